The summed E-state index contributed by atoms with van der Waals surface area (Å²) in [5.41, 5.74) is 0. The molecule has 0 N–H and O–H groups in total. The van der Waals surface area contributed by atoms with Crippen LogP contribution in [0.25, 0.3) is 0 Å². The zero-order valence-corrected chi connectivity index (χ0v) is 41.3. The van der Waals surface area contributed by atoms with Crippen LogP contribution in [0.5, 0.6) is 0 Å². The second-order valence-corrected chi connectivity index (χ2v) is 17.4. The predicted octanol–water partition coefficient (Wildman–Crippen LogP) is 17.4. The molecular formula is C57H98O6. The Morgan fingerprint density at radius 2 is 0.619 bits per heavy atom. The Kier molecular flexibility index (Phi) is 48.9. The number of ether oxygens (including phenoxy) is 3. The molecule has 0 aromatic rings. The molecule has 6 heteroatoms. The van der Waals surface area contributed by atoms with Gasteiger partial charge in [0, 0.05) is 19.3 Å². The number of carbonyl (C=O) groups excluding carboxylic acids is 3. The highest BCUT2D eigenvalue weighted by molar-refractivity contribution is 5.71. The predicted molar refractivity (Wildman–Crippen MR) is 270 cm³/mol. The fourth-order valence-corrected chi connectivity index (χ4v) is 7.25. The van der Waals surface area contributed by atoms with Crippen molar-refractivity contribution < 1.29 is 28.6 Å². The van der Waals surface area contributed by atoms with Gasteiger partial charge < -0.3 is 14.2 Å². The van der Waals surface area contributed by atoms with E-state index in [4.69, 9.17) is 14.2 Å². The van der Waals surface area contributed by atoms with Gasteiger partial charge in [-0.05, 0) is 103 Å². The first-order valence-corrected chi connectivity index (χ1v) is 26.4. The smallest absolute Gasteiger partial charge is 0.306 e. The van der Waals surface area contributed by atoms with E-state index in [1.165, 1.54) is 89.9 Å². The van der Waals surface area contributed by atoms with E-state index in [1.54, 1.807) is 0 Å². The lowest BCUT2D eigenvalue weighted by Crippen LogP contribution is -2.30. The quantitative estimate of drug-likeness (QED) is 0.0262. The zero-order chi connectivity index (χ0) is 45.8. The van der Waals surface area contributed by atoms with Gasteiger partial charge in [0.1, 0.15) is 13.2 Å². The molecule has 0 bridgehead atoms. The van der Waals surface area contributed by atoms with Crippen molar-refractivity contribution in [3.63, 3.8) is 0 Å². The molecule has 0 aliphatic heterocycles. The minimum atomic E-state index is -0.790. The summed E-state index contributed by atoms with van der Waals surface area (Å²) in [6.45, 7) is 6.39. The monoisotopic (exact) mass is 879 g/mol. The van der Waals surface area contributed by atoms with Gasteiger partial charge in [0.2, 0.25) is 0 Å². The van der Waals surface area contributed by atoms with Crippen molar-refractivity contribution in [2.24, 2.45) is 0 Å². The van der Waals surface area contributed by atoms with Gasteiger partial charge in [0.25, 0.3) is 0 Å². The first-order valence-electron chi connectivity index (χ1n) is 26.4. The van der Waals surface area contributed by atoms with Gasteiger partial charge in [0.15, 0.2) is 6.10 Å². The third kappa shape index (κ3) is 49.7. The summed E-state index contributed by atoms with van der Waals surface area (Å²) in [4.78, 5) is 38.0. The van der Waals surface area contributed by atoms with Crippen LogP contribution in [0.4, 0.5) is 0 Å². The molecule has 1 unspecified atom stereocenters. The second-order valence-electron chi connectivity index (χ2n) is 17.4. The van der Waals surface area contributed by atoms with Gasteiger partial charge in [-0.2, -0.15) is 0 Å². The Bertz CT molecular complexity index is 1190. The highest BCUT2D eigenvalue weighted by atomic mass is 16.6. The number of unbranched alkanes of at least 4 members (excludes halogenated alkanes) is 24. The Labute approximate surface area is 389 Å². The van der Waals surface area contributed by atoms with E-state index in [9.17, 15) is 14.4 Å². The number of allylic oxidation sites excluding steroid dienone is 12. The summed E-state index contributed by atoms with van der Waals surface area (Å²) >= 11 is 0. The highest BCUT2D eigenvalue weighted by Gasteiger charge is 2.19. The number of hydrogen-bond acceptors (Lipinski definition) is 6. The van der Waals surface area contributed by atoms with Crippen LogP contribution < -0.4 is 0 Å². The van der Waals surface area contributed by atoms with E-state index in [0.717, 1.165) is 122 Å². The summed E-state index contributed by atoms with van der Waals surface area (Å²) in [5.74, 6) is -0.923. The normalized spacial score (nSPS) is 12.6. The van der Waals surface area contributed by atoms with Crippen molar-refractivity contribution in [3.05, 3.63) is 72.9 Å². The van der Waals surface area contributed by atoms with Gasteiger partial charge in [-0.3, -0.25) is 14.4 Å². The number of carbonyl (C=O) groups is 3. The number of rotatable bonds is 47. The molecular weight excluding hydrogens is 781 g/mol. The van der Waals surface area contributed by atoms with Crippen molar-refractivity contribution in [1.29, 1.82) is 0 Å². The van der Waals surface area contributed by atoms with Gasteiger partial charge >= 0.3 is 17.9 Å². The van der Waals surface area contributed by atoms with Crippen LogP contribution in [-0.4, -0.2) is 37.2 Å². The van der Waals surface area contributed by atoms with E-state index in [1.807, 2.05) is 0 Å². The van der Waals surface area contributed by atoms with E-state index >= 15 is 0 Å². The van der Waals surface area contributed by atoms with Crippen LogP contribution in [0, 0.1) is 0 Å². The molecule has 0 aliphatic carbocycles. The molecule has 0 radical (unpaired) electrons. The average Bonchev–Trinajstić information content (AvgIpc) is 3.28. The summed E-state index contributed by atoms with van der Waals surface area (Å²) in [6.07, 6.45) is 64.6. The topological polar surface area (TPSA) is 78.9 Å². The Hall–Kier alpha value is -3.15. The lowest BCUT2D eigenvalue weighted by Gasteiger charge is -2.18. The summed E-state index contributed by atoms with van der Waals surface area (Å²) in [7, 11) is 0. The van der Waals surface area contributed by atoms with E-state index < -0.39 is 6.10 Å². The van der Waals surface area contributed by atoms with E-state index in [2.05, 4.69) is 93.7 Å². The fourth-order valence-electron chi connectivity index (χ4n) is 7.25. The summed E-state index contributed by atoms with van der Waals surface area (Å²) in [6, 6.07) is 0. The molecule has 0 saturated heterocycles. The standard InChI is InChI=1S/C57H98O6/c1-4-7-10-13-16-19-22-25-27-28-29-30-31-33-35-38-41-44-47-50-56(59)62-53-54(52-61-55(58)49-46-43-40-37-34-24-21-18-15-12-9-6-3)63-57(60)51-48-45-42-39-36-32-26-23-20-17-14-11-8-5-2/h7,9-10,12,16,18-19,21,25,27,32,36,54H,4-6,8,11,13-15,17,20,22-24,26,28-31,33-35,37-53H2,1-3H3/b10-7-,12-9-,19-16-,21-18-,27-25-,36-32-. The van der Waals surface area contributed by atoms with Crippen molar-refractivity contribution in [1.82, 2.24) is 0 Å². The lowest BCUT2D eigenvalue weighted by molar-refractivity contribution is -0.167. The molecule has 6 nitrogen and oxygen atoms in total. The maximum absolute atomic E-state index is 12.8. The molecule has 0 heterocycles. The molecule has 0 rings (SSSR count). The van der Waals surface area contributed by atoms with Crippen LogP contribution >= 0.6 is 0 Å². The Balaban J connectivity index is 4.38. The van der Waals surface area contributed by atoms with Gasteiger partial charge in [0.05, 0.1) is 0 Å². The average molecular weight is 879 g/mol. The third-order valence-electron chi connectivity index (χ3n) is 11.2. The van der Waals surface area contributed by atoms with Crippen molar-refractivity contribution >= 4 is 17.9 Å². The molecule has 63 heavy (non-hydrogen) atoms. The minimum absolute atomic E-state index is 0.0888. The SMILES string of the molecule is CC/C=C\C/C=C\C/C=C\CCCCCCCCCCCC(=O)OCC(COC(=O)CCCCCCC/C=C\C/C=C\CC)OC(=O)CCCCC/C=C\CCCCCCCCC. The van der Waals surface area contributed by atoms with Gasteiger partial charge in [-0.15, -0.1) is 0 Å². The lowest BCUT2D eigenvalue weighted by atomic mass is 10.1. The van der Waals surface area contributed by atoms with Crippen LogP contribution in [0.15, 0.2) is 72.9 Å². The molecule has 0 amide bonds. The molecule has 0 saturated carbocycles. The van der Waals surface area contributed by atoms with E-state index in [0.29, 0.717) is 19.3 Å². The molecule has 0 aromatic heterocycles. The van der Waals surface area contributed by atoms with Crippen LogP contribution in [0.3, 0.4) is 0 Å². The molecule has 0 aliphatic rings. The molecule has 362 valence electrons. The van der Waals surface area contributed by atoms with E-state index in [-0.39, 0.29) is 31.1 Å². The molecule has 1 atom stereocenters. The highest BCUT2D eigenvalue weighted by Crippen LogP contribution is 2.14. The maximum Gasteiger partial charge on any atom is 0.306 e. The summed E-state index contributed by atoms with van der Waals surface area (Å²) < 4.78 is 16.8. The zero-order valence-electron chi connectivity index (χ0n) is 41.3. The van der Waals surface area contributed by atoms with Crippen LogP contribution in [-0.2, 0) is 28.6 Å². The fraction of sp³-hybridized carbons (Fsp3) is 0.737. The largest absolute Gasteiger partial charge is 0.462 e. The molecule has 0 fully saturated rings. The third-order valence-corrected chi connectivity index (χ3v) is 11.2. The minimum Gasteiger partial charge on any atom is -0.462 e. The Morgan fingerprint density at radius 1 is 0.333 bits per heavy atom. The molecule has 0 aromatic carbocycles. The number of hydrogen-bond donors (Lipinski definition) is 0. The first-order chi connectivity index (χ1) is 31.0. The van der Waals surface area contributed by atoms with Crippen LogP contribution in [0.1, 0.15) is 252 Å². The van der Waals surface area contributed by atoms with Crippen molar-refractivity contribution in [3.8, 4) is 0 Å². The number of esters is 3. The second kappa shape index (κ2) is 51.5. The Morgan fingerprint density at radius 3 is 1.00 bits per heavy atom. The summed E-state index contributed by atoms with van der Waals surface area (Å²) in [5, 5.41) is 0. The molecule has 0 spiro atoms. The van der Waals surface area contributed by atoms with Crippen LogP contribution in [0.2, 0.25) is 0 Å². The van der Waals surface area contributed by atoms with Crippen molar-refractivity contribution in [2.75, 3.05) is 13.2 Å². The van der Waals surface area contributed by atoms with Gasteiger partial charge in [-0.1, -0.05) is 203 Å². The maximum atomic E-state index is 12.8. The van der Waals surface area contributed by atoms with Gasteiger partial charge in [-0.25, -0.2) is 0 Å². The first kappa shape index (κ1) is 59.9. The van der Waals surface area contributed by atoms with Crippen molar-refractivity contribution in [2.45, 2.75) is 258 Å².